The quantitative estimate of drug-likeness (QED) is 0.441. The van der Waals surface area contributed by atoms with E-state index in [4.69, 9.17) is 4.74 Å². The molecule has 0 unspecified atom stereocenters. The highest BCUT2D eigenvalue weighted by molar-refractivity contribution is 6.13. The molecule has 2 N–H and O–H groups in total. The molecule has 178 valence electrons. The summed E-state index contributed by atoms with van der Waals surface area (Å²) < 4.78 is 6.44. The van der Waals surface area contributed by atoms with E-state index in [1.807, 2.05) is 0 Å². The first-order valence-electron chi connectivity index (χ1n) is 10.5. The van der Waals surface area contributed by atoms with Crippen LogP contribution in [-0.4, -0.2) is 57.8 Å². The van der Waals surface area contributed by atoms with Crippen LogP contribution in [0.15, 0.2) is 73.3 Å². The monoisotopic (exact) mass is 473 g/mol. The molecule has 35 heavy (non-hydrogen) atoms. The number of carbonyl (C=O) groups excluding carboxylic acids is 2. The minimum absolute atomic E-state index is 0.290. The summed E-state index contributed by atoms with van der Waals surface area (Å²) in [5, 5.41) is 21.8. The van der Waals surface area contributed by atoms with E-state index >= 15 is 0 Å². The summed E-state index contributed by atoms with van der Waals surface area (Å²) in [4.78, 5) is 37.7. The molecule has 10 heteroatoms. The zero-order chi connectivity index (χ0) is 25.1. The number of rotatable bonds is 6. The lowest BCUT2D eigenvalue weighted by molar-refractivity contribution is 0.0981. The van der Waals surface area contributed by atoms with Gasteiger partial charge in [-0.2, -0.15) is 0 Å². The van der Waals surface area contributed by atoms with Crippen molar-refractivity contribution in [1.29, 1.82) is 0 Å². The van der Waals surface area contributed by atoms with Gasteiger partial charge in [0, 0.05) is 32.2 Å². The normalized spacial score (nSPS) is 10.6. The molecule has 4 rings (SSSR count). The van der Waals surface area contributed by atoms with Crippen LogP contribution in [0.4, 0.5) is 11.4 Å². The zero-order valence-corrected chi connectivity index (χ0v) is 19.3. The van der Waals surface area contributed by atoms with Crippen molar-refractivity contribution < 1.29 is 24.5 Å². The molecular weight excluding hydrogens is 450 g/mol. The number of pyridine rings is 2. The molecule has 0 atom stereocenters. The average Bonchev–Trinajstić information content (AvgIpc) is 3.18. The molecule has 10 nitrogen and oxygen atoms in total. The number of carbonyl (C=O) groups is 2. The molecule has 0 saturated carbocycles. The summed E-state index contributed by atoms with van der Waals surface area (Å²) in [7, 11) is 4.52. The molecule has 4 aromatic rings. The van der Waals surface area contributed by atoms with E-state index in [0.29, 0.717) is 22.8 Å². The second-order valence-electron chi connectivity index (χ2n) is 7.58. The fourth-order valence-electron chi connectivity index (χ4n) is 3.59. The van der Waals surface area contributed by atoms with Crippen LogP contribution in [0.3, 0.4) is 0 Å². The Morgan fingerprint density at radius 3 is 1.63 bits per heavy atom. The summed E-state index contributed by atoms with van der Waals surface area (Å²) in [6, 6.07) is 13.2. The smallest absolute Gasteiger partial charge is 0.279 e. The highest BCUT2D eigenvalue weighted by Crippen LogP contribution is 2.40. The molecule has 0 spiro atoms. The van der Waals surface area contributed by atoms with Crippen LogP contribution in [-0.2, 0) is 0 Å². The van der Waals surface area contributed by atoms with Gasteiger partial charge in [-0.1, -0.05) is 0 Å². The van der Waals surface area contributed by atoms with Gasteiger partial charge in [0.2, 0.25) is 0 Å². The fourth-order valence-corrected chi connectivity index (χ4v) is 3.59. The summed E-state index contributed by atoms with van der Waals surface area (Å²) in [5.74, 6) is -2.21. The molecule has 0 aliphatic heterocycles. The first kappa shape index (κ1) is 23.3. The lowest BCUT2D eigenvalue weighted by Crippen LogP contribution is -2.31. The molecular formula is C25H23N5O5. The Labute approximate surface area is 201 Å². The van der Waals surface area contributed by atoms with Crippen LogP contribution in [0.25, 0.3) is 5.69 Å². The number of methoxy groups -OCH3 is 1. The van der Waals surface area contributed by atoms with Gasteiger partial charge in [-0.3, -0.25) is 24.1 Å². The highest BCUT2D eigenvalue weighted by Gasteiger charge is 2.35. The van der Waals surface area contributed by atoms with Gasteiger partial charge in [0.15, 0.2) is 22.9 Å². The number of hydrogen-bond donors (Lipinski definition) is 2. The molecule has 0 bridgehead atoms. The number of benzene rings is 1. The molecule has 0 aliphatic carbocycles. The number of nitrogens with zero attached hydrogens (tertiary/aromatic N) is 5. The maximum Gasteiger partial charge on any atom is 0.279 e. The third-order valence-corrected chi connectivity index (χ3v) is 5.53. The van der Waals surface area contributed by atoms with Crippen molar-refractivity contribution >= 4 is 23.2 Å². The van der Waals surface area contributed by atoms with Crippen molar-refractivity contribution in [3.63, 3.8) is 0 Å². The molecule has 0 aliphatic rings. The third-order valence-electron chi connectivity index (χ3n) is 5.53. The Bertz CT molecular complexity index is 1270. The second kappa shape index (κ2) is 9.56. The largest absolute Gasteiger partial charge is 0.503 e. The SMILES string of the molecule is COc1ccc(-n2c(C(=O)N(C)c3cccnc3)c(O)c(O)c2C(=O)N(C)c2cccnc2)cc1. The second-order valence-corrected chi connectivity index (χ2v) is 7.58. The number of anilines is 2. The minimum Gasteiger partial charge on any atom is -0.503 e. The average molecular weight is 473 g/mol. The summed E-state index contributed by atoms with van der Waals surface area (Å²) in [5.41, 5.74) is 0.689. The predicted molar refractivity (Wildman–Crippen MR) is 130 cm³/mol. The van der Waals surface area contributed by atoms with E-state index in [-0.39, 0.29) is 11.4 Å². The number of aromatic nitrogens is 3. The van der Waals surface area contributed by atoms with E-state index < -0.39 is 23.3 Å². The Morgan fingerprint density at radius 1 is 0.800 bits per heavy atom. The van der Waals surface area contributed by atoms with Crippen LogP contribution in [0, 0.1) is 0 Å². The Kier molecular flexibility index (Phi) is 6.36. The van der Waals surface area contributed by atoms with Gasteiger partial charge in [0.1, 0.15) is 5.75 Å². The maximum atomic E-state index is 13.6. The summed E-state index contributed by atoms with van der Waals surface area (Å²) in [6.07, 6.45) is 6.10. The summed E-state index contributed by atoms with van der Waals surface area (Å²) >= 11 is 0. The van der Waals surface area contributed by atoms with Gasteiger partial charge in [-0.25, -0.2) is 0 Å². The highest BCUT2D eigenvalue weighted by atomic mass is 16.5. The van der Waals surface area contributed by atoms with Gasteiger partial charge in [0.25, 0.3) is 11.8 Å². The first-order chi connectivity index (χ1) is 16.8. The molecule has 0 saturated heterocycles. The Balaban J connectivity index is 1.91. The molecule has 3 aromatic heterocycles. The first-order valence-corrected chi connectivity index (χ1v) is 10.5. The van der Waals surface area contributed by atoms with Gasteiger partial charge in [-0.05, 0) is 48.5 Å². The van der Waals surface area contributed by atoms with E-state index in [2.05, 4.69) is 9.97 Å². The maximum absolute atomic E-state index is 13.6. The van der Waals surface area contributed by atoms with Gasteiger partial charge < -0.3 is 24.7 Å². The van der Waals surface area contributed by atoms with Crippen LogP contribution in [0.5, 0.6) is 17.2 Å². The van der Waals surface area contributed by atoms with Crippen LogP contribution in [0.1, 0.15) is 21.0 Å². The third kappa shape index (κ3) is 4.24. The van der Waals surface area contributed by atoms with Crippen molar-refractivity contribution in [2.24, 2.45) is 0 Å². The van der Waals surface area contributed by atoms with E-state index in [1.165, 1.54) is 48.0 Å². The number of ether oxygens (including phenoxy) is 1. The molecule has 2 amide bonds. The van der Waals surface area contributed by atoms with Gasteiger partial charge in [-0.15, -0.1) is 0 Å². The lowest BCUT2D eigenvalue weighted by Gasteiger charge is -2.21. The van der Waals surface area contributed by atoms with E-state index in [9.17, 15) is 19.8 Å². The van der Waals surface area contributed by atoms with Gasteiger partial charge >= 0.3 is 0 Å². The van der Waals surface area contributed by atoms with Crippen LogP contribution < -0.4 is 14.5 Å². The molecule has 0 radical (unpaired) electrons. The topological polar surface area (TPSA) is 121 Å². The van der Waals surface area contributed by atoms with Crippen molar-refractivity contribution in [1.82, 2.24) is 14.5 Å². The van der Waals surface area contributed by atoms with Crippen molar-refractivity contribution in [2.45, 2.75) is 0 Å². The fraction of sp³-hybridized carbons (Fsp3) is 0.120. The van der Waals surface area contributed by atoms with Crippen LogP contribution in [0.2, 0.25) is 0 Å². The standard InChI is InChI=1S/C25H23N5O5/c1-28(17-6-4-12-26-14-17)24(33)20-22(31)23(32)21(25(34)29(2)18-7-5-13-27-15-18)30(20)16-8-10-19(35-3)11-9-16/h4-15,31-32H,1-3H3. The summed E-state index contributed by atoms with van der Waals surface area (Å²) in [6.45, 7) is 0. The van der Waals surface area contributed by atoms with Crippen molar-refractivity contribution in [2.75, 3.05) is 31.0 Å². The zero-order valence-electron chi connectivity index (χ0n) is 19.3. The van der Waals surface area contributed by atoms with E-state index in [1.54, 1.807) is 60.9 Å². The Morgan fingerprint density at radius 2 is 1.26 bits per heavy atom. The molecule has 3 heterocycles. The van der Waals surface area contributed by atoms with Crippen molar-refractivity contribution in [3.05, 3.63) is 84.7 Å². The lowest BCUT2D eigenvalue weighted by atomic mass is 10.2. The van der Waals surface area contributed by atoms with Crippen LogP contribution >= 0.6 is 0 Å². The molecule has 1 aromatic carbocycles. The number of aromatic hydroxyl groups is 2. The van der Waals surface area contributed by atoms with E-state index in [0.717, 1.165) is 0 Å². The number of hydrogen-bond acceptors (Lipinski definition) is 7. The Hall–Kier alpha value is -4.86. The van der Waals surface area contributed by atoms with Gasteiger partial charge in [0.05, 0.1) is 30.9 Å². The minimum atomic E-state index is -0.718. The molecule has 0 fully saturated rings. The predicted octanol–water partition coefficient (Wildman–Crippen LogP) is 3.24. The number of amides is 2. The van der Waals surface area contributed by atoms with Crippen molar-refractivity contribution in [3.8, 4) is 22.9 Å².